The summed E-state index contributed by atoms with van der Waals surface area (Å²) in [5, 5.41) is 11.3. The van der Waals surface area contributed by atoms with Gasteiger partial charge < -0.3 is 19.9 Å². The maximum absolute atomic E-state index is 11.4. The Morgan fingerprint density at radius 1 is 1.04 bits per heavy atom. The molecule has 5 nitrogen and oxygen atoms in total. The number of carbonyl (C=O) groups excluding carboxylic acids is 1. The minimum absolute atomic E-state index is 0.0154. The van der Waals surface area contributed by atoms with Gasteiger partial charge in [-0.15, -0.1) is 0 Å². The Bertz CT molecular complexity index is 601. The zero-order valence-electron chi connectivity index (χ0n) is 12.9. The van der Waals surface area contributed by atoms with E-state index in [1.54, 1.807) is 0 Å². The number of carbonyl (C=O) groups is 1. The molecule has 0 saturated heterocycles. The third-order valence-corrected chi connectivity index (χ3v) is 3.10. The Hall–Kier alpha value is -2.53. The first kappa shape index (κ1) is 16.8. The molecule has 0 radical (unpaired) electrons. The summed E-state index contributed by atoms with van der Waals surface area (Å²) in [6.07, 6.45) is 0.669. The van der Waals surface area contributed by atoms with Crippen LogP contribution in [0.25, 0.3) is 0 Å². The molecule has 2 aromatic rings. The summed E-state index contributed by atoms with van der Waals surface area (Å²) in [6.45, 7) is 0.719. The van der Waals surface area contributed by atoms with Crippen LogP contribution in [0.1, 0.15) is 12.0 Å². The van der Waals surface area contributed by atoms with Crippen molar-refractivity contribution in [1.29, 1.82) is 0 Å². The second-order valence-electron chi connectivity index (χ2n) is 4.95. The maximum atomic E-state index is 11.4. The van der Waals surface area contributed by atoms with Gasteiger partial charge in [0.15, 0.2) is 0 Å². The van der Waals surface area contributed by atoms with Crippen molar-refractivity contribution in [3.63, 3.8) is 0 Å². The maximum Gasteiger partial charge on any atom is 0.407 e. The SMILES string of the molecule is O=C(NCCc1cccc(Oc2ccccc2)c1)OCCCO. The molecular formula is C18H21NO4. The normalized spacial score (nSPS) is 10.1. The fraction of sp³-hybridized carbons (Fsp3) is 0.278. The summed E-state index contributed by atoms with van der Waals surface area (Å²) in [7, 11) is 0. The summed E-state index contributed by atoms with van der Waals surface area (Å²) in [6, 6.07) is 17.3. The molecule has 0 bridgehead atoms. The van der Waals surface area contributed by atoms with E-state index >= 15 is 0 Å². The lowest BCUT2D eigenvalue weighted by molar-refractivity contribution is 0.135. The number of aliphatic hydroxyl groups is 1. The van der Waals surface area contributed by atoms with E-state index in [-0.39, 0.29) is 13.2 Å². The molecule has 0 fully saturated rings. The van der Waals surface area contributed by atoms with Crippen LogP contribution in [0.2, 0.25) is 0 Å². The predicted octanol–water partition coefficient (Wildman–Crippen LogP) is 3.13. The monoisotopic (exact) mass is 315 g/mol. The van der Waals surface area contributed by atoms with E-state index < -0.39 is 6.09 Å². The fourth-order valence-corrected chi connectivity index (χ4v) is 1.98. The van der Waals surface area contributed by atoms with Crippen molar-refractivity contribution in [1.82, 2.24) is 5.32 Å². The van der Waals surface area contributed by atoms with Crippen LogP contribution in [-0.4, -0.2) is 31.0 Å². The molecule has 0 aliphatic heterocycles. The van der Waals surface area contributed by atoms with E-state index in [0.717, 1.165) is 17.1 Å². The molecule has 0 spiro atoms. The van der Waals surface area contributed by atoms with Gasteiger partial charge in [-0.05, 0) is 36.2 Å². The number of para-hydroxylation sites is 1. The number of ether oxygens (including phenoxy) is 2. The second kappa shape index (κ2) is 9.48. The second-order valence-corrected chi connectivity index (χ2v) is 4.95. The van der Waals surface area contributed by atoms with Gasteiger partial charge in [-0.2, -0.15) is 0 Å². The molecule has 2 rings (SSSR count). The molecule has 0 aromatic heterocycles. The average Bonchev–Trinajstić information content (AvgIpc) is 2.56. The Labute approximate surface area is 135 Å². The van der Waals surface area contributed by atoms with E-state index in [9.17, 15) is 4.79 Å². The van der Waals surface area contributed by atoms with Gasteiger partial charge in [0.2, 0.25) is 0 Å². The Kier molecular flexibility index (Phi) is 6.94. The molecule has 0 aliphatic carbocycles. The highest BCUT2D eigenvalue weighted by atomic mass is 16.5. The predicted molar refractivity (Wildman–Crippen MR) is 87.7 cm³/mol. The van der Waals surface area contributed by atoms with Crippen molar-refractivity contribution in [2.75, 3.05) is 19.8 Å². The van der Waals surface area contributed by atoms with Crippen LogP contribution in [0.3, 0.4) is 0 Å². The lowest BCUT2D eigenvalue weighted by Crippen LogP contribution is -2.26. The van der Waals surface area contributed by atoms with Crippen molar-refractivity contribution in [3.05, 3.63) is 60.2 Å². The molecule has 0 saturated carbocycles. The minimum atomic E-state index is -0.463. The molecule has 23 heavy (non-hydrogen) atoms. The lowest BCUT2D eigenvalue weighted by atomic mass is 10.1. The zero-order valence-corrected chi connectivity index (χ0v) is 12.9. The fourth-order valence-electron chi connectivity index (χ4n) is 1.98. The number of nitrogens with one attached hydrogen (secondary N) is 1. The standard InChI is InChI=1S/C18H21NO4/c20-12-5-13-22-18(21)19-11-10-15-6-4-9-17(14-15)23-16-7-2-1-3-8-16/h1-4,6-9,14,20H,5,10-13H2,(H,19,21). The van der Waals surface area contributed by atoms with Gasteiger partial charge >= 0.3 is 6.09 Å². The molecule has 2 N–H and O–H groups in total. The highest BCUT2D eigenvalue weighted by molar-refractivity contribution is 5.67. The minimum Gasteiger partial charge on any atom is -0.457 e. The van der Waals surface area contributed by atoms with Gasteiger partial charge in [0.25, 0.3) is 0 Å². The smallest absolute Gasteiger partial charge is 0.407 e. The van der Waals surface area contributed by atoms with E-state index in [0.29, 0.717) is 19.4 Å². The highest BCUT2D eigenvalue weighted by Gasteiger charge is 2.02. The first-order chi connectivity index (χ1) is 11.3. The molecule has 0 heterocycles. The van der Waals surface area contributed by atoms with Crippen molar-refractivity contribution in [2.24, 2.45) is 0 Å². The van der Waals surface area contributed by atoms with Crippen LogP contribution in [0.4, 0.5) is 4.79 Å². The van der Waals surface area contributed by atoms with E-state index in [1.807, 2.05) is 54.6 Å². The number of hydrogen-bond donors (Lipinski definition) is 2. The first-order valence-corrected chi connectivity index (χ1v) is 7.61. The molecular weight excluding hydrogens is 294 g/mol. The molecule has 122 valence electrons. The van der Waals surface area contributed by atoms with Gasteiger partial charge in [-0.25, -0.2) is 4.79 Å². The van der Waals surface area contributed by atoms with Crippen molar-refractivity contribution < 1.29 is 19.4 Å². The van der Waals surface area contributed by atoms with Gasteiger partial charge in [0, 0.05) is 19.6 Å². The van der Waals surface area contributed by atoms with E-state index in [1.165, 1.54) is 0 Å². The number of hydrogen-bond acceptors (Lipinski definition) is 4. The van der Waals surface area contributed by atoms with Crippen LogP contribution >= 0.6 is 0 Å². The van der Waals surface area contributed by atoms with E-state index in [4.69, 9.17) is 14.6 Å². The lowest BCUT2D eigenvalue weighted by Gasteiger charge is -2.09. The zero-order chi connectivity index (χ0) is 16.3. The summed E-state index contributed by atoms with van der Waals surface area (Å²) < 4.78 is 10.7. The molecule has 5 heteroatoms. The van der Waals surface area contributed by atoms with E-state index in [2.05, 4.69) is 5.32 Å². The van der Waals surface area contributed by atoms with Gasteiger partial charge in [-0.3, -0.25) is 0 Å². The third-order valence-electron chi connectivity index (χ3n) is 3.10. The van der Waals surface area contributed by atoms with Crippen LogP contribution in [0.5, 0.6) is 11.5 Å². The number of benzene rings is 2. The van der Waals surface area contributed by atoms with Crippen molar-refractivity contribution >= 4 is 6.09 Å². The quantitative estimate of drug-likeness (QED) is 0.734. The Morgan fingerprint density at radius 3 is 2.61 bits per heavy atom. The highest BCUT2D eigenvalue weighted by Crippen LogP contribution is 2.21. The Morgan fingerprint density at radius 2 is 1.83 bits per heavy atom. The van der Waals surface area contributed by atoms with Crippen LogP contribution in [0.15, 0.2) is 54.6 Å². The summed E-state index contributed by atoms with van der Waals surface area (Å²) in [5.74, 6) is 1.55. The number of rotatable bonds is 8. The molecule has 1 amide bonds. The van der Waals surface area contributed by atoms with Crippen molar-refractivity contribution in [2.45, 2.75) is 12.8 Å². The van der Waals surface area contributed by atoms with Crippen LogP contribution in [0, 0.1) is 0 Å². The number of amides is 1. The molecule has 0 aliphatic rings. The van der Waals surface area contributed by atoms with Gasteiger partial charge in [0.1, 0.15) is 11.5 Å². The van der Waals surface area contributed by atoms with Crippen LogP contribution < -0.4 is 10.1 Å². The third kappa shape index (κ3) is 6.40. The van der Waals surface area contributed by atoms with Crippen molar-refractivity contribution in [3.8, 4) is 11.5 Å². The van der Waals surface area contributed by atoms with Gasteiger partial charge in [0.05, 0.1) is 6.61 Å². The summed E-state index contributed by atoms with van der Waals surface area (Å²) in [4.78, 5) is 11.4. The molecule has 0 atom stereocenters. The van der Waals surface area contributed by atoms with Crippen LogP contribution in [-0.2, 0) is 11.2 Å². The Balaban J connectivity index is 1.78. The molecule has 0 unspecified atom stereocenters. The summed E-state index contributed by atoms with van der Waals surface area (Å²) in [5.41, 5.74) is 1.06. The first-order valence-electron chi connectivity index (χ1n) is 7.61. The van der Waals surface area contributed by atoms with Gasteiger partial charge in [-0.1, -0.05) is 30.3 Å². The molecule has 2 aromatic carbocycles. The topological polar surface area (TPSA) is 67.8 Å². The largest absolute Gasteiger partial charge is 0.457 e. The number of aliphatic hydroxyl groups excluding tert-OH is 1. The number of alkyl carbamates (subject to hydrolysis) is 1. The summed E-state index contributed by atoms with van der Waals surface area (Å²) >= 11 is 0. The average molecular weight is 315 g/mol.